The molecule has 1 fully saturated rings. The van der Waals surface area contributed by atoms with E-state index in [0.29, 0.717) is 40.5 Å². The maximum Gasteiger partial charge on any atom is 0.264 e. The number of amides is 1. The first kappa shape index (κ1) is 22.6. The second kappa shape index (κ2) is 9.82. The van der Waals surface area contributed by atoms with Gasteiger partial charge in [-0.15, -0.1) is 0 Å². The molecular formula is C21H21N3O5S2. The third kappa shape index (κ3) is 5.97. The van der Waals surface area contributed by atoms with Crippen LogP contribution in [0.15, 0.2) is 69.9 Å². The summed E-state index contributed by atoms with van der Waals surface area (Å²) in [5.74, 6) is 0.887. The molecule has 0 unspecified atom stereocenters. The number of nitrogens with two attached hydrogens (primary N) is 1. The maximum atomic E-state index is 12.3. The molecule has 8 nitrogen and oxygen atoms in total. The van der Waals surface area contributed by atoms with E-state index in [-0.39, 0.29) is 10.8 Å². The predicted molar refractivity (Wildman–Crippen MR) is 122 cm³/mol. The highest BCUT2D eigenvalue weighted by Gasteiger charge is 2.24. The summed E-state index contributed by atoms with van der Waals surface area (Å²) in [6, 6.07) is 11.1. The highest BCUT2D eigenvalue weighted by Crippen LogP contribution is 2.32. The van der Waals surface area contributed by atoms with Gasteiger partial charge in [-0.1, -0.05) is 18.7 Å². The standard InChI is InChI=1S/C21H21N3O5S2/c1-3-11-29-17-10-5-14(12-18(17)28-4-2)13-19-20(25)24-21(30-19)23-15-6-8-16(9-7-15)31(22,26)27/h3,5-10,12-13H,1,4,11H2,2H3,(H2,22,26,27)(H,23,24,25). The van der Waals surface area contributed by atoms with Gasteiger partial charge in [0.1, 0.15) is 6.61 Å². The SMILES string of the molecule is C=CCOc1ccc(C=C2SC(=Nc3ccc(S(N)(=O)=O)cc3)NC2=O)cc1OCC. The minimum absolute atomic E-state index is 0.00855. The number of aliphatic imine (C=N–C) groups is 1. The van der Waals surface area contributed by atoms with Gasteiger partial charge in [0.05, 0.1) is 22.1 Å². The topological polar surface area (TPSA) is 120 Å². The van der Waals surface area contributed by atoms with Crippen LogP contribution in [-0.2, 0) is 14.8 Å². The number of rotatable bonds is 8. The molecule has 1 heterocycles. The van der Waals surface area contributed by atoms with Crippen LogP contribution in [0, 0.1) is 0 Å². The van der Waals surface area contributed by atoms with E-state index in [2.05, 4.69) is 16.9 Å². The molecule has 1 amide bonds. The first-order valence-electron chi connectivity index (χ1n) is 9.23. The number of nitrogens with zero attached hydrogens (tertiary/aromatic N) is 1. The average molecular weight is 460 g/mol. The van der Waals surface area contributed by atoms with Gasteiger partial charge in [-0.3, -0.25) is 4.79 Å². The molecular weight excluding hydrogens is 438 g/mol. The molecule has 0 saturated carbocycles. The summed E-state index contributed by atoms with van der Waals surface area (Å²) >= 11 is 1.18. The normalized spacial score (nSPS) is 16.4. The number of sulfonamides is 1. The Labute approximate surface area is 184 Å². The highest BCUT2D eigenvalue weighted by molar-refractivity contribution is 8.18. The number of ether oxygens (including phenoxy) is 2. The third-order valence-corrected chi connectivity index (χ3v) is 5.81. The maximum absolute atomic E-state index is 12.3. The quantitative estimate of drug-likeness (QED) is 0.462. The molecule has 0 radical (unpaired) electrons. The molecule has 2 aromatic carbocycles. The van der Waals surface area contributed by atoms with Crippen molar-refractivity contribution in [1.29, 1.82) is 0 Å². The number of primary sulfonamides is 1. The molecule has 3 N–H and O–H groups in total. The van der Waals surface area contributed by atoms with E-state index < -0.39 is 10.0 Å². The van der Waals surface area contributed by atoms with E-state index >= 15 is 0 Å². The zero-order chi connectivity index (χ0) is 22.4. The van der Waals surface area contributed by atoms with E-state index in [0.717, 1.165) is 5.56 Å². The Morgan fingerprint density at radius 1 is 1.16 bits per heavy atom. The smallest absolute Gasteiger partial charge is 0.264 e. The zero-order valence-electron chi connectivity index (χ0n) is 16.7. The van der Waals surface area contributed by atoms with Crippen LogP contribution in [0.2, 0.25) is 0 Å². The Bertz CT molecular complexity index is 1160. The van der Waals surface area contributed by atoms with Gasteiger partial charge in [-0.25, -0.2) is 18.5 Å². The fourth-order valence-corrected chi connectivity index (χ4v) is 3.97. The van der Waals surface area contributed by atoms with Crippen molar-refractivity contribution >= 4 is 44.6 Å². The second-order valence-electron chi connectivity index (χ2n) is 6.26. The van der Waals surface area contributed by atoms with Gasteiger partial charge in [-0.2, -0.15) is 0 Å². The van der Waals surface area contributed by atoms with Crippen LogP contribution in [0.25, 0.3) is 6.08 Å². The molecule has 1 saturated heterocycles. The molecule has 2 aromatic rings. The van der Waals surface area contributed by atoms with Crippen LogP contribution >= 0.6 is 11.8 Å². The average Bonchev–Trinajstić information content (AvgIpc) is 3.06. The molecule has 0 atom stereocenters. The van der Waals surface area contributed by atoms with Crippen molar-refractivity contribution in [1.82, 2.24) is 5.32 Å². The van der Waals surface area contributed by atoms with Gasteiger partial charge in [-0.05, 0) is 66.7 Å². The third-order valence-electron chi connectivity index (χ3n) is 3.97. The lowest BCUT2D eigenvalue weighted by Gasteiger charge is -2.11. The molecule has 3 rings (SSSR count). The molecule has 31 heavy (non-hydrogen) atoms. The van der Waals surface area contributed by atoms with E-state index in [1.165, 1.54) is 36.0 Å². The van der Waals surface area contributed by atoms with Gasteiger partial charge >= 0.3 is 0 Å². The van der Waals surface area contributed by atoms with E-state index in [4.69, 9.17) is 14.6 Å². The van der Waals surface area contributed by atoms with Crippen LogP contribution in [0.3, 0.4) is 0 Å². The van der Waals surface area contributed by atoms with Crippen molar-refractivity contribution in [2.45, 2.75) is 11.8 Å². The summed E-state index contributed by atoms with van der Waals surface area (Å²) in [6.45, 7) is 6.34. The number of amidine groups is 1. The van der Waals surface area contributed by atoms with Gasteiger partial charge in [0, 0.05) is 0 Å². The summed E-state index contributed by atoms with van der Waals surface area (Å²) in [5.41, 5.74) is 1.25. The Morgan fingerprint density at radius 2 is 1.90 bits per heavy atom. The van der Waals surface area contributed by atoms with Crippen LogP contribution in [-0.4, -0.2) is 32.7 Å². The second-order valence-corrected chi connectivity index (χ2v) is 8.85. The lowest BCUT2D eigenvalue weighted by atomic mass is 10.2. The summed E-state index contributed by atoms with van der Waals surface area (Å²) in [4.78, 5) is 17.1. The van der Waals surface area contributed by atoms with Crippen molar-refractivity contribution in [3.05, 3.63) is 65.6 Å². The van der Waals surface area contributed by atoms with Crippen LogP contribution in [0.5, 0.6) is 11.5 Å². The van der Waals surface area contributed by atoms with E-state index in [1.807, 2.05) is 13.0 Å². The molecule has 0 aromatic heterocycles. The lowest BCUT2D eigenvalue weighted by molar-refractivity contribution is -0.115. The minimum atomic E-state index is -3.77. The van der Waals surface area contributed by atoms with Crippen molar-refractivity contribution in [3.8, 4) is 11.5 Å². The van der Waals surface area contributed by atoms with Gasteiger partial charge in [0.2, 0.25) is 10.0 Å². The molecule has 1 aliphatic heterocycles. The van der Waals surface area contributed by atoms with Crippen molar-refractivity contribution in [2.75, 3.05) is 13.2 Å². The molecule has 0 aliphatic carbocycles. The van der Waals surface area contributed by atoms with Gasteiger partial charge < -0.3 is 14.8 Å². The Morgan fingerprint density at radius 3 is 2.55 bits per heavy atom. The zero-order valence-corrected chi connectivity index (χ0v) is 18.3. The number of thioether (sulfide) groups is 1. The summed E-state index contributed by atoms with van der Waals surface area (Å²) in [7, 11) is -3.77. The lowest BCUT2D eigenvalue weighted by Crippen LogP contribution is -2.19. The van der Waals surface area contributed by atoms with Gasteiger partial charge in [0.25, 0.3) is 5.91 Å². The Hall–Kier alpha value is -3.08. The van der Waals surface area contributed by atoms with Crippen LogP contribution in [0.1, 0.15) is 12.5 Å². The monoisotopic (exact) mass is 459 g/mol. The summed E-state index contributed by atoms with van der Waals surface area (Å²) in [6.07, 6.45) is 3.38. The van der Waals surface area contributed by atoms with E-state index in [1.54, 1.807) is 24.3 Å². The largest absolute Gasteiger partial charge is 0.490 e. The molecule has 10 heteroatoms. The number of carbonyl (C=O) groups is 1. The molecule has 1 aliphatic rings. The molecule has 0 bridgehead atoms. The van der Waals surface area contributed by atoms with Crippen molar-refractivity contribution < 1.29 is 22.7 Å². The minimum Gasteiger partial charge on any atom is -0.490 e. The fraction of sp³-hybridized carbons (Fsp3) is 0.143. The summed E-state index contributed by atoms with van der Waals surface area (Å²) < 4.78 is 33.9. The fourth-order valence-electron chi connectivity index (χ4n) is 2.61. The number of hydrogen-bond donors (Lipinski definition) is 2. The first-order valence-corrected chi connectivity index (χ1v) is 11.6. The number of hydrogen-bond acceptors (Lipinski definition) is 7. The molecule has 0 spiro atoms. The number of nitrogens with one attached hydrogen (secondary N) is 1. The highest BCUT2D eigenvalue weighted by atomic mass is 32.2. The van der Waals surface area contributed by atoms with Crippen LogP contribution in [0.4, 0.5) is 5.69 Å². The van der Waals surface area contributed by atoms with E-state index in [9.17, 15) is 13.2 Å². The van der Waals surface area contributed by atoms with Crippen molar-refractivity contribution in [2.24, 2.45) is 10.1 Å². The molecule has 162 valence electrons. The Kier molecular flexibility index (Phi) is 7.16. The first-order chi connectivity index (χ1) is 14.8. The van der Waals surface area contributed by atoms with Gasteiger partial charge in [0.15, 0.2) is 16.7 Å². The van der Waals surface area contributed by atoms with Crippen molar-refractivity contribution in [3.63, 3.8) is 0 Å². The van der Waals surface area contributed by atoms with Crippen LogP contribution < -0.4 is 19.9 Å². The number of benzene rings is 2. The summed E-state index contributed by atoms with van der Waals surface area (Å²) in [5, 5.41) is 8.17. The Balaban J connectivity index is 1.80. The predicted octanol–water partition coefficient (Wildman–Crippen LogP) is 3.19. The number of carbonyl (C=O) groups excluding carboxylic acids is 1.